The van der Waals surface area contributed by atoms with Crippen LogP contribution in [0.3, 0.4) is 0 Å². The predicted molar refractivity (Wildman–Crippen MR) is 120 cm³/mol. The summed E-state index contributed by atoms with van der Waals surface area (Å²) in [5.74, 6) is 0.398. The maximum Gasteiger partial charge on any atom is 0.309 e. The summed E-state index contributed by atoms with van der Waals surface area (Å²) in [6.07, 6.45) is -1.55. The van der Waals surface area contributed by atoms with E-state index in [0.29, 0.717) is 28.7 Å². The third-order valence-electron chi connectivity index (χ3n) is 5.28. The Bertz CT molecular complexity index is 1010. The Labute approximate surface area is 202 Å². The highest BCUT2D eigenvalue weighted by atomic mass is 16.7. The van der Waals surface area contributed by atoms with Gasteiger partial charge in [-0.15, -0.1) is 0 Å². The van der Waals surface area contributed by atoms with E-state index in [1.807, 2.05) is 6.07 Å². The van der Waals surface area contributed by atoms with Crippen molar-refractivity contribution >= 4 is 11.9 Å². The van der Waals surface area contributed by atoms with Crippen molar-refractivity contribution in [3.05, 3.63) is 41.5 Å². The van der Waals surface area contributed by atoms with Crippen molar-refractivity contribution in [2.75, 3.05) is 42.0 Å². The third-order valence-corrected chi connectivity index (χ3v) is 5.28. The number of hydrogen-bond donors (Lipinski definition) is 1. The second-order valence-electron chi connectivity index (χ2n) is 7.33. The largest absolute Gasteiger partial charge is 0.493 e. The molecule has 0 spiro atoms. The molecular formula is C24H28O11. The highest BCUT2D eigenvalue weighted by Crippen LogP contribution is 2.46. The lowest BCUT2D eigenvalue weighted by Crippen LogP contribution is -2.13. The minimum absolute atomic E-state index is 0.0649. The molecule has 2 atom stereocenters. The Morgan fingerprint density at radius 3 is 2.00 bits per heavy atom. The van der Waals surface area contributed by atoms with Gasteiger partial charge in [0.1, 0.15) is 19.0 Å². The van der Waals surface area contributed by atoms with E-state index in [9.17, 15) is 9.59 Å². The molecular weight excluding hydrogens is 464 g/mol. The standard InChI is InChI=1S/C24H28O11/c1-28-16-6-5-14(9-17(16)32-12-33-21(27)8-7-20(25)26)22-23(35-13-34-22)15-10-18(29-2)24(31-4)19(11-15)30-3/h5-6,9-11,22-23H,7-8,12-13H2,1-4H3,(H,25,26). The first-order valence-electron chi connectivity index (χ1n) is 10.6. The van der Waals surface area contributed by atoms with Gasteiger partial charge in [0.05, 0.1) is 41.3 Å². The van der Waals surface area contributed by atoms with Gasteiger partial charge in [-0.05, 0) is 35.4 Å². The average molecular weight is 492 g/mol. The lowest BCUT2D eigenvalue weighted by molar-refractivity contribution is -0.153. The number of carbonyl (C=O) groups excluding carboxylic acids is 1. The fourth-order valence-corrected chi connectivity index (χ4v) is 3.59. The second kappa shape index (κ2) is 12.1. The molecule has 1 aliphatic rings. The Morgan fingerprint density at radius 1 is 0.829 bits per heavy atom. The molecule has 11 nitrogen and oxygen atoms in total. The van der Waals surface area contributed by atoms with Gasteiger partial charge in [0.25, 0.3) is 0 Å². The number of esters is 1. The molecule has 0 aliphatic carbocycles. The van der Waals surface area contributed by atoms with Gasteiger partial charge in [0.2, 0.25) is 12.5 Å². The zero-order valence-electron chi connectivity index (χ0n) is 19.9. The minimum atomic E-state index is -1.09. The molecule has 3 rings (SSSR count). The van der Waals surface area contributed by atoms with Crippen LogP contribution in [-0.4, -0.2) is 59.1 Å². The van der Waals surface area contributed by atoms with E-state index in [4.69, 9.17) is 43.0 Å². The number of carbonyl (C=O) groups is 2. The number of carboxylic acid groups (broad SMARTS) is 1. The topological polar surface area (TPSA) is 128 Å². The van der Waals surface area contributed by atoms with Crippen molar-refractivity contribution < 1.29 is 52.6 Å². The summed E-state index contributed by atoms with van der Waals surface area (Å²) in [7, 11) is 6.08. The summed E-state index contributed by atoms with van der Waals surface area (Å²) in [6.45, 7) is -0.341. The number of benzene rings is 2. The van der Waals surface area contributed by atoms with Crippen molar-refractivity contribution in [3.8, 4) is 28.7 Å². The van der Waals surface area contributed by atoms with Crippen LogP contribution in [0.5, 0.6) is 28.7 Å². The maximum absolute atomic E-state index is 11.7. The first kappa shape index (κ1) is 25.9. The zero-order chi connectivity index (χ0) is 25.4. The molecule has 0 aromatic heterocycles. The lowest BCUT2D eigenvalue weighted by Gasteiger charge is -2.21. The van der Waals surface area contributed by atoms with Gasteiger partial charge in [-0.2, -0.15) is 0 Å². The van der Waals surface area contributed by atoms with Crippen LogP contribution in [0.25, 0.3) is 0 Å². The van der Waals surface area contributed by atoms with Crippen LogP contribution < -0.4 is 23.7 Å². The fourth-order valence-electron chi connectivity index (χ4n) is 3.59. The predicted octanol–water partition coefficient (Wildman–Crippen LogP) is 3.25. The first-order valence-corrected chi connectivity index (χ1v) is 10.6. The van der Waals surface area contributed by atoms with Gasteiger partial charge in [-0.1, -0.05) is 6.07 Å². The number of hydrogen-bond acceptors (Lipinski definition) is 10. The highest BCUT2D eigenvalue weighted by molar-refractivity contribution is 5.76. The Morgan fingerprint density at radius 2 is 1.43 bits per heavy atom. The summed E-state index contributed by atoms with van der Waals surface area (Å²) in [5.41, 5.74) is 1.49. The van der Waals surface area contributed by atoms with Crippen molar-refractivity contribution in [2.24, 2.45) is 0 Å². The van der Waals surface area contributed by atoms with Crippen LogP contribution in [0.1, 0.15) is 36.2 Å². The average Bonchev–Trinajstić information content (AvgIpc) is 3.36. The Balaban J connectivity index is 1.80. The molecule has 2 aromatic carbocycles. The number of methoxy groups -OCH3 is 4. The maximum atomic E-state index is 11.7. The van der Waals surface area contributed by atoms with Crippen LogP contribution in [0, 0.1) is 0 Å². The second-order valence-corrected chi connectivity index (χ2v) is 7.33. The van der Waals surface area contributed by atoms with Crippen LogP contribution in [0.2, 0.25) is 0 Å². The highest BCUT2D eigenvalue weighted by Gasteiger charge is 2.34. The third kappa shape index (κ3) is 6.25. The summed E-state index contributed by atoms with van der Waals surface area (Å²) in [5, 5.41) is 8.66. The molecule has 1 N–H and O–H groups in total. The van der Waals surface area contributed by atoms with E-state index < -0.39 is 30.9 Å². The molecule has 1 fully saturated rings. The van der Waals surface area contributed by atoms with Crippen LogP contribution >= 0.6 is 0 Å². The SMILES string of the molecule is COc1ccc(C2OCOC2c2cc(OC)c(OC)c(OC)c2)cc1OCOC(=O)CCC(=O)O. The monoisotopic (exact) mass is 492 g/mol. The van der Waals surface area contributed by atoms with Crippen LogP contribution in [0.4, 0.5) is 0 Å². The molecule has 1 heterocycles. The normalized spacial score (nSPS) is 16.9. The van der Waals surface area contributed by atoms with E-state index in [-0.39, 0.29) is 19.6 Å². The van der Waals surface area contributed by atoms with Gasteiger partial charge >= 0.3 is 11.9 Å². The number of aliphatic carboxylic acids is 1. The van der Waals surface area contributed by atoms with Crippen molar-refractivity contribution in [2.45, 2.75) is 25.0 Å². The molecule has 2 aromatic rings. The van der Waals surface area contributed by atoms with Crippen molar-refractivity contribution in [1.29, 1.82) is 0 Å². The summed E-state index contributed by atoms with van der Waals surface area (Å²) in [4.78, 5) is 22.2. The molecule has 2 unspecified atom stereocenters. The molecule has 35 heavy (non-hydrogen) atoms. The fraction of sp³-hybridized carbons (Fsp3) is 0.417. The summed E-state index contributed by atoms with van der Waals surface area (Å²) in [6, 6.07) is 8.81. The van der Waals surface area contributed by atoms with Gasteiger partial charge in [0.15, 0.2) is 23.0 Å². The first-order chi connectivity index (χ1) is 16.9. The van der Waals surface area contributed by atoms with E-state index in [2.05, 4.69) is 0 Å². The van der Waals surface area contributed by atoms with E-state index in [1.165, 1.54) is 28.4 Å². The number of rotatable bonds is 12. The van der Waals surface area contributed by atoms with Gasteiger partial charge in [-0.3, -0.25) is 9.59 Å². The van der Waals surface area contributed by atoms with Gasteiger partial charge < -0.3 is 43.0 Å². The molecule has 11 heteroatoms. The smallest absolute Gasteiger partial charge is 0.309 e. The van der Waals surface area contributed by atoms with E-state index in [0.717, 1.165) is 11.1 Å². The van der Waals surface area contributed by atoms with Gasteiger partial charge in [0, 0.05) is 0 Å². The number of carboxylic acids is 1. The zero-order valence-corrected chi connectivity index (χ0v) is 19.9. The quantitative estimate of drug-likeness (QED) is 0.346. The molecule has 0 saturated carbocycles. The molecule has 0 bridgehead atoms. The summed E-state index contributed by atoms with van der Waals surface area (Å²) >= 11 is 0. The Hall–Kier alpha value is -3.70. The molecule has 0 radical (unpaired) electrons. The van der Waals surface area contributed by atoms with Gasteiger partial charge in [-0.25, -0.2) is 0 Å². The minimum Gasteiger partial charge on any atom is -0.493 e. The lowest BCUT2D eigenvalue weighted by atomic mass is 9.97. The number of ether oxygens (including phenoxy) is 8. The Kier molecular flexibility index (Phi) is 8.98. The van der Waals surface area contributed by atoms with Crippen LogP contribution in [-0.2, 0) is 23.8 Å². The van der Waals surface area contributed by atoms with Crippen molar-refractivity contribution in [3.63, 3.8) is 0 Å². The molecule has 1 aliphatic heterocycles. The van der Waals surface area contributed by atoms with Crippen molar-refractivity contribution in [1.82, 2.24) is 0 Å². The van der Waals surface area contributed by atoms with Crippen LogP contribution in [0.15, 0.2) is 30.3 Å². The summed E-state index contributed by atoms with van der Waals surface area (Å²) < 4.78 is 43.9. The molecule has 1 saturated heterocycles. The molecule has 0 amide bonds. The van der Waals surface area contributed by atoms with E-state index in [1.54, 1.807) is 24.3 Å². The van der Waals surface area contributed by atoms with E-state index >= 15 is 0 Å². The molecule has 190 valence electrons.